The lowest BCUT2D eigenvalue weighted by Gasteiger charge is -2.08. The fraction of sp³-hybridized carbons (Fsp3) is 0.235. The standard InChI is InChI=1S/C17H13ClF3N3O3S/c1-9-10-6-13(16(26)27-7-14(25)22-8-17(19,20)21)28-15(10)24(23-9)12-5-3-2-4-11(12)18/h2-6H,7-8H2,1H3,(H,22,25). The van der Waals surface area contributed by atoms with Crippen molar-refractivity contribution >= 4 is 45.0 Å². The summed E-state index contributed by atoms with van der Waals surface area (Å²) in [6, 6.07) is 8.62. The lowest BCUT2D eigenvalue weighted by Crippen LogP contribution is -2.36. The largest absolute Gasteiger partial charge is 0.451 e. The van der Waals surface area contributed by atoms with E-state index < -0.39 is 31.2 Å². The number of ether oxygens (including phenoxy) is 1. The number of benzene rings is 1. The van der Waals surface area contributed by atoms with Crippen molar-refractivity contribution in [2.45, 2.75) is 13.1 Å². The molecule has 3 aromatic rings. The number of esters is 1. The third-order valence-electron chi connectivity index (χ3n) is 3.65. The van der Waals surface area contributed by atoms with Gasteiger partial charge in [-0.1, -0.05) is 23.7 Å². The molecule has 0 bridgehead atoms. The van der Waals surface area contributed by atoms with Crippen molar-refractivity contribution < 1.29 is 27.5 Å². The van der Waals surface area contributed by atoms with Gasteiger partial charge in [-0.2, -0.15) is 18.3 Å². The van der Waals surface area contributed by atoms with Crippen molar-refractivity contribution in [3.05, 3.63) is 45.9 Å². The summed E-state index contributed by atoms with van der Waals surface area (Å²) in [5.41, 5.74) is 1.30. The van der Waals surface area contributed by atoms with E-state index in [9.17, 15) is 22.8 Å². The molecule has 0 aliphatic heterocycles. The Hall–Kier alpha value is -2.59. The molecule has 0 saturated carbocycles. The number of amides is 1. The summed E-state index contributed by atoms with van der Waals surface area (Å²) in [7, 11) is 0. The molecule has 0 unspecified atom stereocenters. The lowest BCUT2D eigenvalue weighted by molar-refractivity contribution is -0.140. The van der Waals surface area contributed by atoms with Gasteiger partial charge in [0.1, 0.15) is 16.3 Å². The zero-order valence-electron chi connectivity index (χ0n) is 14.3. The van der Waals surface area contributed by atoms with E-state index in [1.165, 1.54) is 0 Å². The molecule has 0 atom stereocenters. The van der Waals surface area contributed by atoms with E-state index in [2.05, 4.69) is 5.10 Å². The number of aromatic nitrogens is 2. The van der Waals surface area contributed by atoms with E-state index >= 15 is 0 Å². The maximum Gasteiger partial charge on any atom is 0.405 e. The lowest BCUT2D eigenvalue weighted by atomic mass is 10.3. The van der Waals surface area contributed by atoms with Crippen molar-refractivity contribution in [2.24, 2.45) is 0 Å². The van der Waals surface area contributed by atoms with Gasteiger partial charge in [0, 0.05) is 5.39 Å². The minimum Gasteiger partial charge on any atom is -0.451 e. The Morgan fingerprint density at radius 3 is 2.71 bits per heavy atom. The Labute approximate surface area is 165 Å². The molecule has 0 fully saturated rings. The fourth-order valence-corrected chi connectivity index (χ4v) is 3.67. The van der Waals surface area contributed by atoms with E-state index in [1.54, 1.807) is 47.3 Å². The van der Waals surface area contributed by atoms with Gasteiger partial charge in [-0.15, -0.1) is 11.3 Å². The summed E-state index contributed by atoms with van der Waals surface area (Å²) < 4.78 is 42.6. The molecule has 0 aliphatic rings. The average Bonchev–Trinajstić information content (AvgIpc) is 3.19. The smallest absolute Gasteiger partial charge is 0.405 e. The molecule has 1 aromatic carbocycles. The zero-order valence-corrected chi connectivity index (χ0v) is 15.9. The van der Waals surface area contributed by atoms with Gasteiger partial charge in [0.05, 0.1) is 16.4 Å². The molecule has 0 saturated heterocycles. The van der Waals surface area contributed by atoms with Gasteiger partial charge in [-0.25, -0.2) is 9.48 Å². The molecule has 2 heterocycles. The Morgan fingerprint density at radius 1 is 1.32 bits per heavy atom. The molecule has 6 nitrogen and oxygen atoms in total. The second-order valence-electron chi connectivity index (χ2n) is 5.75. The van der Waals surface area contributed by atoms with Crippen molar-refractivity contribution in [1.82, 2.24) is 15.1 Å². The highest BCUT2D eigenvalue weighted by Gasteiger charge is 2.28. The molecule has 11 heteroatoms. The predicted octanol–water partition coefficient (Wildman–Crippen LogP) is 3.88. The molecule has 3 rings (SSSR count). The minimum absolute atomic E-state index is 0.194. The maximum absolute atomic E-state index is 12.2. The summed E-state index contributed by atoms with van der Waals surface area (Å²) in [5.74, 6) is -1.85. The summed E-state index contributed by atoms with van der Waals surface area (Å²) in [6.45, 7) is -0.528. The second kappa shape index (κ2) is 7.80. The van der Waals surface area contributed by atoms with Crippen molar-refractivity contribution in [2.75, 3.05) is 13.2 Å². The first kappa shape index (κ1) is 20.2. The number of carbonyl (C=O) groups is 2. The van der Waals surface area contributed by atoms with Crippen LogP contribution in [0.15, 0.2) is 30.3 Å². The van der Waals surface area contributed by atoms with Crippen LogP contribution in [0.3, 0.4) is 0 Å². The first-order chi connectivity index (χ1) is 13.2. The van der Waals surface area contributed by atoms with Crippen LogP contribution in [0, 0.1) is 6.92 Å². The molecule has 1 N–H and O–H groups in total. The Balaban J connectivity index is 1.76. The first-order valence-corrected chi connectivity index (χ1v) is 9.10. The van der Waals surface area contributed by atoms with Crippen molar-refractivity contribution in [3.8, 4) is 5.69 Å². The highest BCUT2D eigenvalue weighted by atomic mass is 35.5. The number of nitrogens with zero attached hydrogens (tertiary/aromatic N) is 2. The van der Waals surface area contributed by atoms with Gasteiger partial charge in [-0.3, -0.25) is 4.79 Å². The Kier molecular flexibility index (Phi) is 5.61. The van der Waals surface area contributed by atoms with Crippen LogP contribution in [-0.2, 0) is 9.53 Å². The van der Waals surface area contributed by atoms with E-state index in [0.717, 1.165) is 11.3 Å². The number of hydrogen-bond donors (Lipinski definition) is 1. The SMILES string of the molecule is Cc1nn(-c2ccccc2Cl)c2sc(C(=O)OCC(=O)NCC(F)(F)F)cc12. The number of para-hydroxylation sites is 1. The van der Waals surface area contributed by atoms with E-state index in [4.69, 9.17) is 16.3 Å². The number of hydrogen-bond acceptors (Lipinski definition) is 5. The number of halogens is 4. The van der Waals surface area contributed by atoms with Crippen LogP contribution >= 0.6 is 22.9 Å². The van der Waals surface area contributed by atoms with Crippen molar-refractivity contribution in [3.63, 3.8) is 0 Å². The van der Waals surface area contributed by atoms with Gasteiger partial charge in [0.25, 0.3) is 5.91 Å². The number of carbonyl (C=O) groups excluding carboxylic acids is 2. The number of fused-ring (bicyclic) bond motifs is 1. The van der Waals surface area contributed by atoms with Gasteiger partial charge < -0.3 is 10.1 Å². The molecular formula is C17H13ClF3N3O3S. The number of rotatable bonds is 5. The highest BCUT2D eigenvalue weighted by Crippen LogP contribution is 2.32. The molecule has 1 amide bonds. The molecule has 0 aliphatic carbocycles. The van der Waals surface area contributed by atoms with E-state index in [1.807, 2.05) is 0 Å². The zero-order chi connectivity index (χ0) is 20.5. The van der Waals surface area contributed by atoms with Crippen LogP contribution < -0.4 is 5.32 Å². The van der Waals surface area contributed by atoms with Gasteiger partial charge in [0.2, 0.25) is 0 Å². The van der Waals surface area contributed by atoms with Crippen LogP contribution in [0.5, 0.6) is 0 Å². The van der Waals surface area contributed by atoms with Gasteiger partial charge in [0.15, 0.2) is 6.61 Å². The first-order valence-electron chi connectivity index (χ1n) is 7.90. The normalized spacial score (nSPS) is 11.6. The van der Waals surface area contributed by atoms with Crippen LogP contribution in [0.25, 0.3) is 15.9 Å². The Morgan fingerprint density at radius 2 is 2.04 bits per heavy atom. The molecule has 0 radical (unpaired) electrons. The van der Waals surface area contributed by atoms with E-state index in [0.29, 0.717) is 26.6 Å². The monoisotopic (exact) mass is 431 g/mol. The van der Waals surface area contributed by atoms with Crippen molar-refractivity contribution in [1.29, 1.82) is 0 Å². The van der Waals surface area contributed by atoms with Crippen LogP contribution in [0.1, 0.15) is 15.4 Å². The number of thiophene rings is 1. The van der Waals surface area contributed by atoms with Gasteiger partial charge >= 0.3 is 12.1 Å². The fourth-order valence-electron chi connectivity index (χ4n) is 2.39. The third-order valence-corrected chi connectivity index (χ3v) is 5.06. The molecule has 148 valence electrons. The molecular weight excluding hydrogens is 419 g/mol. The number of aryl methyl sites for hydroxylation is 1. The topological polar surface area (TPSA) is 73.2 Å². The summed E-state index contributed by atoms with van der Waals surface area (Å²) in [4.78, 5) is 24.4. The predicted molar refractivity (Wildman–Crippen MR) is 98.0 cm³/mol. The second-order valence-corrected chi connectivity index (χ2v) is 7.18. The summed E-state index contributed by atoms with van der Waals surface area (Å²) in [5, 5.41) is 7.24. The average molecular weight is 432 g/mol. The van der Waals surface area contributed by atoms with Crippen LogP contribution in [0.2, 0.25) is 5.02 Å². The molecule has 2 aromatic heterocycles. The van der Waals surface area contributed by atoms with E-state index in [-0.39, 0.29) is 4.88 Å². The minimum atomic E-state index is -4.53. The quantitative estimate of drug-likeness (QED) is 0.622. The highest BCUT2D eigenvalue weighted by molar-refractivity contribution is 7.20. The van der Waals surface area contributed by atoms with Crippen LogP contribution in [-0.4, -0.2) is 41.0 Å². The summed E-state index contributed by atoms with van der Waals surface area (Å²) >= 11 is 7.29. The maximum atomic E-state index is 12.2. The Bertz CT molecular complexity index is 1050. The number of alkyl halides is 3. The molecule has 28 heavy (non-hydrogen) atoms. The number of nitrogens with one attached hydrogen (secondary N) is 1. The third kappa shape index (κ3) is 4.45. The summed E-state index contributed by atoms with van der Waals surface area (Å²) in [6.07, 6.45) is -4.53. The molecule has 0 spiro atoms. The van der Waals surface area contributed by atoms with Gasteiger partial charge in [-0.05, 0) is 25.1 Å². The van der Waals surface area contributed by atoms with Crippen LogP contribution in [0.4, 0.5) is 13.2 Å².